The summed E-state index contributed by atoms with van der Waals surface area (Å²) in [6, 6.07) is 0. The van der Waals surface area contributed by atoms with Gasteiger partial charge in [0.15, 0.2) is 6.10 Å². The lowest BCUT2D eigenvalue weighted by Gasteiger charge is -2.19. The first-order valence-electron chi connectivity index (χ1n) is 22.1. The van der Waals surface area contributed by atoms with Crippen LogP contribution in [0.25, 0.3) is 0 Å². The van der Waals surface area contributed by atoms with Crippen LogP contribution in [-0.4, -0.2) is 49.3 Å². The Morgan fingerprint density at radius 1 is 0.545 bits per heavy atom. The van der Waals surface area contributed by atoms with Gasteiger partial charge in [-0.05, 0) is 57.8 Å². The first-order chi connectivity index (χ1) is 26.8. The van der Waals surface area contributed by atoms with Crippen molar-refractivity contribution in [2.45, 2.75) is 200 Å². The second-order valence-electron chi connectivity index (χ2n) is 14.6. The fraction of sp³-hybridized carbons (Fsp3) is 0.778. The molecule has 55 heavy (non-hydrogen) atoms. The average Bonchev–Trinajstić information content (AvgIpc) is 3.17. The molecule has 9 nitrogen and oxygen atoms in total. The second-order valence-corrected chi connectivity index (χ2v) is 16.0. The van der Waals surface area contributed by atoms with Crippen molar-refractivity contribution in [3.63, 3.8) is 0 Å². The zero-order valence-electron chi connectivity index (χ0n) is 35.2. The van der Waals surface area contributed by atoms with Crippen molar-refractivity contribution in [3.8, 4) is 0 Å². The predicted molar refractivity (Wildman–Crippen MR) is 229 cm³/mol. The summed E-state index contributed by atoms with van der Waals surface area (Å²) in [6.07, 6.45) is 47.1. The van der Waals surface area contributed by atoms with Gasteiger partial charge in [-0.15, -0.1) is 0 Å². The largest absolute Gasteiger partial charge is 0.472 e. The number of phosphoric ester groups is 1. The van der Waals surface area contributed by atoms with Crippen LogP contribution in [0.1, 0.15) is 194 Å². The number of ether oxygens (including phenoxy) is 2. The minimum absolute atomic E-state index is 0.0484. The monoisotopic (exact) mass is 796 g/mol. The summed E-state index contributed by atoms with van der Waals surface area (Å²) >= 11 is 0. The van der Waals surface area contributed by atoms with E-state index in [1.54, 1.807) is 0 Å². The van der Waals surface area contributed by atoms with Crippen LogP contribution in [0, 0.1) is 0 Å². The maximum atomic E-state index is 12.6. The fourth-order valence-electron chi connectivity index (χ4n) is 5.91. The molecule has 3 N–H and O–H groups in total. The molecule has 0 aliphatic carbocycles. The van der Waals surface area contributed by atoms with Crippen molar-refractivity contribution in [3.05, 3.63) is 48.6 Å². The molecule has 0 aromatic heterocycles. The van der Waals surface area contributed by atoms with E-state index in [-0.39, 0.29) is 32.6 Å². The van der Waals surface area contributed by atoms with E-state index in [0.29, 0.717) is 12.8 Å². The number of allylic oxidation sites excluding steroid dienone is 8. The molecule has 0 rings (SSSR count). The van der Waals surface area contributed by atoms with Crippen LogP contribution in [0.4, 0.5) is 0 Å². The van der Waals surface area contributed by atoms with Crippen molar-refractivity contribution in [2.24, 2.45) is 5.73 Å². The Morgan fingerprint density at radius 3 is 1.44 bits per heavy atom. The first kappa shape index (κ1) is 53.0. The summed E-state index contributed by atoms with van der Waals surface area (Å²) < 4.78 is 32.8. The smallest absolute Gasteiger partial charge is 0.462 e. The van der Waals surface area contributed by atoms with Crippen molar-refractivity contribution >= 4 is 19.8 Å². The highest BCUT2D eigenvalue weighted by Crippen LogP contribution is 2.43. The van der Waals surface area contributed by atoms with Crippen LogP contribution < -0.4 is 5.73 Å². The van der Waals surface area contributed by atoms with Gasteiger partial charge in [-0.1, -0.05) is 172 Å². The van der Waals surface area contributed by atoms with Gasteiger partial charge in [0, 0.05) is 19.4 Å². The molecule has 10 heteroatoms. The van der Waals surface area contributed by atoms with Gasteiger partial charge in [0.2, 0.25) is 0 Å². The van der Waals surface area contributed by atoms with Crippen molar-refractivity contribution in [1.82, 2.24) is 0 Å². The van der Waals surface area contributed by atoms with E-state index in [4.69, 9.17) is 24.3 Å². The summed E-state index contributed by atoms with van der Waals surface area (Å²) in [5.41, 5.74) is 5.35. The quantitative estimate of drug-likeness (QED) is 0.0268. The van der Waals surface area contributed by atoms with Gasteiger partial charge >= 0.3 is 19.8 Å². The maximum absolute atomic E-state index is 12.6. The van der Waals surface area contributed by atoms with E-state index in [9.17, 15) is 19.0 Å². The highest BCUT2D eigenvalue weighted by molar-refractivity contribution is 7.47. The van der Waals surface area contributed by atoms with Crippen molar-refractivity contribution in [2.75, 3.05) is 26.4 Å². The minimum Gasteiger partial charge on any atom is -0.462 e. The molecule has 0 aromatic rings. The summed E-state index contributed by atoms with van der Waals surface area (Å²) in [7, 11) is -4.38. The zero-order chi connectivity index (χ0) is 40.3. The topological polar surface area (TPSA) is 134 Å². The van der Waals surface area contributed by atoms with Crippen LogP contribution in [0.2, 0.25) is 0 Å². The summed E-state index contributed by atoms with van der Waals surface area (Å²) in [5, 5.41) is 0. The molecular formula is C45H82NO8P. The minimum atomic E-state index is -4.38. The maximum Gasteiger partial charge on any atom is 0.472 e. The molecule has 0 saturated carbocycles. The Kier molecular flexibility index (Phi) is 40.1. The van der Waals surface area contributed by atoms with E-state index < -0.39 is 32.5 Å². The lowest BCUT2D eigenvalue weighted by molar-refractivity contribution is -0.161. The molecule has 1 unspecified atom stereocenters. The predicted octanol–water partition coefficient (Wildman–Crippen LogP) is 12.7. The molecule has 0 saturated heterocycles. The molecule has 0 heterocycles. The van der Waals surface area contributed by atoms with Crippen LogP contribution in [0.5, 0.6) is 0 Å². The Labute approximate surface area is 336 Å². The lowest BCUT2D eigenvalue weighted by atomic mass is 10.0. The second kappa shape index (κ2) is 41.6. The van der Waals surface area contributed by atoms with Crippen LogP contribution >= 0.6 is 7.82 Å². The molecular weight excluding hydrogens is 713 g/mol. The third kappa shape index (κ3) is 41.4. The lowest BCUT2D eigenvalue weighted by Crippen LogP contribution is -2.29. The highest BCUT2D eigenvalue weighted by atomic mass is 31.2. The number of phosphoric acid groups is 1. The number of carbonyl (C=O) groups is 2. The average molecular weight is 796 g/mol. The summed E-state index contributed by atoms with van der Waals surface area (Å²) in [5.74, 6) is -0.861. The third-order valence-corrected chi connectivity index (χ3v) is 10.2. The van der Waals surface area contributed by atoms with Crippen LogP contribution in [0.3, 0.4) is 0 Å². The molecule has 320 valence electrons. The van der Waals surface area contributed by atoms with Gasteiger partial charge in [0.1, 0.15) is 6.61 Å². The SMILES string of the molecule is CCCCCC=CCC=CCC=CCC=CCCCCCC(=O)OC[C@H](COP(=O)(O)OCCN)OC(=O)CCCCCCCCCCCCCCCCC. The first-order valence-corrected chi connectivity index (χ1v) is 23.6. The van der Waals surface area contributed by atoms with E-state index >= 15 is 0 Å². The number of carbonyl (C=O) groups excluding carboxylic acids is 2. The summed E-state index contributed by atoms with van der Waals surface area (Å²) in [4.78, 5) is 34.9. The molecule has 0 radical (unpaired) electrons. The molecule has 0 amide bonds. The van der Waals surface area contributed by atoms with E-state index in [1.165, 1.54) is 96.3 Å². The number of rotatable bonds is 41. The van der Waals surface area contributed by atoms with Gasteiger partial charge in [-0.3, -0.25) is 18.6 Å². The summed E-state index contributed by atoms with van der Waals surface area (Å²) in [6.45, 7) is 3.67. The number of nitrogens with two attached hydrogens (primary N) is 1. The van der Waals surface area contributed by atoms with E-state index in [1.807, 2.05) is 0 Å². The van der Waals surface area contributed by atoms with Crippen molar-refractivity contribution in [1.29, 1.82) is 0 Å². The Hall–Kier alpha value is -2.03. The molecule has 0 bridgehead atoms. The van der Waals surface area contributed by atoms with E-state index in [2.05, 4.69) is 62.5 Å². The molecule has 0 spiro atoms. The number of esters is 2. The molecule has 0 fully saturated rings. The van der Waals surface area contributed by atoms with Gasteiger partial charge < -0.3 is 20.1 Å². The van der Waals surface area contributed by atoms with Gasteiger partial charge in [0.05, 0.1) is 13.2 Å². The normalized spacial score (nSPS) is 13.7. The van der Waals surface area contributed by atoms with Crippen LogP contribution in [0.15, 0.2) is 48.6 Å². The third-order valence-electron chi connectivity index (χ3n) is 9.22. The Balaban J connectivity index is 4.20. The van der Waals surface area contributed by atoms with Gasteiger partial charge in [-0.2, -0.15) is 0 Å². The molecule has 2 atom stereocenters. The highest BCUT2D eigenvalue weighted by Gasteiger charge is 2.26. The molecule has 0 aliphatic rings. The fourth-order valence-corrected chi connectivity index (χ4v) is 6.68. The number of hydrogen-bond donors (Lipinski definition) is 2. The zero-order valence-corrected chi connectivity index (χ0v) is 36.0. The number of hydrogen-bond acceptors (Lipinski definition) is 8. The molecule has 0 aliphatic heterocycles. The Bertz CT molecular complexity index is 1040. The molecule has 0 aromatic carbocycles. The van der Waals surface area contributed by atoms with Crippen molar-refractivity contribution < 1.29 is 37.6 Å². The van der Waals surface area contributed by atoms with Gasteiger partial charge in [0.25, 0.3) is 0 Å². The number of unbranched alkanes of at least 4 members (excludes halogenated alkanes) is 20. The van der Waals surface area contributed by atoms with Gasteiger partial charge in [-0.25, -0.2) is 4.57 Å². The van der Waals surface area contributed by atoms with E-state index in [0.717, 1.165) is 57.8 Å². The standard InChI is InChI=1S/C45H82NO8P/c1-3-5-7-9-11-13-15-17-19-20-21-22-24-25-27-29-31-33-35-37-44(47)51-41-43(42-53-55(49,50)52-40-39-46)54-45(48)38-36-34-32-30-28-26-23-18-16-14-12-10-8-6-4-2/h11,13,17,19,21-22,25,27,43H,3-10,12,14-16,18,20,23-24,26,28-42,46H2,1-2H3,(H,49,50)/t43-/m1/s1. The Morgan fingerprint density at radius 2 is 0.945 bits per heavy atom. The van der Waals surface area contributed by atoms with Crippen LogP contribution in [-0.2, 0) is 32.7 Å².